The molecule has 1 aromatic rings. The van der Waals surface area contributed by atoms with Crippen LogP contribution in [-0.4, -0.2) is 47.5 Å². The van der Waals surface area contributed by atoms with E-state index < -0.39 is 15.1 Å². The summed E-state index contributed by atoms with van der Waals surface area (Å²) in [6.45, 7) is 2.73. The maximum atomic E-state index is 12.3. The molecule has 1 saturated heterocycles. The van der Waals surface area contributed by atoms with Crippen molar-refractivity contribution in [1.29, 1.82) is 0 Å². The first-order valence-corrected chi connectivity index (χ1v) is 8.10. The molecule has 0 aliphatic carbocycles. The van der Waals surface area contributed by atoms with E-state index in [2.05, 4.69) is 9.97 Å². The fraction of sp³-hybridized carbons (Fsp3) is 0.667. The molecule has 0 aromatic carbocycles. The van der Waals surface area contributed by atoms with Crippen molar-refractivity contribution in [2.75, 3.05) is 13.1 Å². The number of nitrogens with one attached hydrogen (secondary N) is 1. The van der Waals surface area contributed by atoms with Crippen molar-refractivity contribution in [3.8, 4) is 0 Å². The molecular weight excluding hydrogens is 266 g/mol. The summed E-state index contributed by atoms with van der Waals surface area (Å²) in [5, 5.41) is -1.22. The van der Waals surface area contributed by atoms with Crippen LogP contribution < -0.4 is 0 Å². The number of hydrogen-bond acceptors (Lipinski definition) is 4. The van der Waals surface area contributed by atoms with Gasteiger partial charge in [0.05, 0.1) is 0 Å². The van der Waals surface area contributed by atoms with Crippen molar-refractivity contribution in [3.05, 3.63) is 12.4 Å². The second kappa shape index (κ2) is 5.73. The zero-order chi connectivity index (χ0) is 13.9. The molecule has 1 aromatic heterocycles. The van der Waals surface area contributed by atoms with Gasteiger partial charge < -0.3 is 9.88 Å². The fourth-order valence-electron chi connectivity index (χ4n) is 2.25. The zero-order valence-electron chi connectivity index (χ0n) is 11.0. The van der Waals surface area contributed by atoms with Crippen LogP contribution in [0.1, 0.15) is 32.6 Å². The van der Waals surface area contributed by atoms with Gasteiger partial charge in [-0.1, -0.05) is 12.8 Å². The lowest BCUT2D eigenvalue weighted by Crippen LogP contribution is -2.42. The number of hydrogen-bond donors (Lipinski definition) is 1. The molecule has 1 aliphatic rings. The lowest BCUT2D eigenvalue weighted by Gasteiger charge is -2.23. The first-order valence-electron chi connectivity index (χ1n) is 6.55. The van der Waals surface area contributed by atoms with Gasteiger partial charge in [-0.15, -0.1) is 0 Å². The van der Waals surface area contributed by atoms with Gasteiger partial charge in [0.2, 0.25) is 20.9 Å². The van der Waals surface area contributed by atoms with Crippen LogP contribution in [0.2, 0.25) is 0 Å². The molecule has 106 valence electrons. The smallest absolute Gasteiger partial charge is 0.241 e. The van der Waals surface area contributed by atoms with E-state index in [1.54, 1.807) is 4.90 Å². The predicted octanol–water partition coefficient (Wildman–Crippen LogP) is 0.974. The van der Waals surface area contributed by atoms with E-state index in [0.29, 0.717) is 13.1 Å². The second-order valence-electron chi connectivity index (χ2n) is 4.82. The molecule has 1 N–H and O–H groups in total. The molecule has 19 heavy (non-hydrogen) atoms. The average Bonchev–Trinajstić information content (AvgIpc) is 2.81. The second-order valence-corrected chi connectivity index (χ2v) is 7.00. The number of aromatic amines is 1. The van der Waals surface area contributed by atoms with Gasteiger partial charge in [0.25, 0.3) is 0 Å². The molecule has 7 heteroatoms. The van der Waals surface area contributed by atoms with Gasteiger partial charge >= 0.3 is 0 Å². The molecule has 6 nitrogen and oxygen atoms in total. The average molecular weight is 285 g/mol. The zero-order valence-corrected chi connectivity index (χ0v) is 11.8. The fourth-order valence-corrected chi connectivity index (χ4v) is 3.44. The van der Waals surface area contributed by atoms with E-state index in [9.17, 15) is 13.2 Å². The largest absolute Gasteiger partial charge is 0.342 e. The van der Waals surface area contributed by atoms with Crippen LogP contribution in [-0.2, 0) is 14.6 Å². The molecule has 0 saturated carbocycles. The normalized spacial score (nSPS) is 18.9. The van der Waals surface area contributed by atoms with Gasteiger partial charge in [0.1, 0.15) is 5.25 Å². The summed E-state index contributed by atoms with van der Waals surface area (Å²) >= 11 is 0. The van der Waals surface area contributed by atoms with Crippen LogP contribution in [0.5, 0.6) is 0 Å². The first kappa shape index (κ1) is 14.0. The number of sulfone groups is 1. The summed E-state index contributed by atoms with van der Waals surface area (Å²) in [7, 11) is -3.71. The summed E-state index contributed by atoms with van der Waals surface area (Å²) < 4.78 is 24.4. The monoisotopic (exact) mass is 285 g/mol. The van der Waals surface area contributed by atoms with Crippen LogP contribution in [0.4, 0.5) is 0 Å². The van der Waals surface area contributed by atoms with Crippen LogP contribution in [0, 0.1) is 0 Å². The molecule has 2 heterocycles. The van der Waals surface area contributed by atoms with E-state index in [1.165, 1.54) is 19.3 Å². The molecule has 1 aliphatic heterocycles. The molecule has 1 atom stereocenters. The maximum absolute atomic E-state index is 12.3. The standard InChI is InChI=1S/C12H19N3O3S/c1-10(19(17,18)12-13-6-7-14-12)11(16)15-8-4-2-3-5-9-15/h6-7,10H,2-5,8-9H2,1H3,(H,13,14)/t10-/m0/s1. The lowest BCUT2D eigenvalue weighted by molar-refractivity contribution is -0.130. The molecular formula is C12H19N3O3S. The molecule has 1 amide bonds. The number of carbonyl (C=O) groups excluding carboxylic acids is 1. The third kappa shape index (κ3) is 2.97. The number of H-pyrrole nitrogens is 1. The van der Waals surface area contributed by atoms with Crippen LogP contribution in [0.3, 0.4) is 0 Å². The molecule has 2 rings (SSSR count). The van der Waals surface area contributed by atoms with Crippen molar-refractivity contribution in [2.45, 2.75) is 43.0 Å². The van der Waals surface area contributed by atoms with Crippen LogP contribution >= 0.6 is 0 Å². The van der Waals surface area contributed by atoms with Gasteiger partial charge in [0, 0.05) is 25.5 Å². The minimum Gasteiger partial charge on any atom is -0.342 e. The highest BCUT2D eigenvalue weighted by atomic mass is 32.2. The topological polar surface area (TPSA) is 83.1 Å². The lowest BCUT2D eigenvalue weighted by atomic mass is 10.2. The summed E-state index contributed by atoms with van der Waals surface area (Å²) in [6, 6.07) is 0. The number of rotatable bonds is 3. The van der Waals surface area contributed by atoms with E-state index in [-0.39, 0.29) is 11.1 Å². The number of likely N-dealkylation sites (tertiary alicyclic amines) is 1. The number of imidazole rings is 1. The van der Waals surface area contributed by atoms with Gasteiger partial charge in [-0.25, -0.2) is 13.4 Å². The van der Waals surface area contributed by atoms with Crippen molar-refractivity contribution < 1.29 is 13.2 Å². The maximum Gasteiger partial charge on any atom is 0.241 e. The van der Waals surface area contributed by atoms with Gasteiger partial charge in [0.15, 0.2) is 0 Å². The number of carbonyl (C=O) groups is 1. The Morgan fingerprint density at radius 1 is 1.32 bits per heavy atom. The summed E-state index contributed by atoms with van der Waals surface area (Å²) in [6.07, 6.45) is 6.90. The van der Waals surface area contributed by atoms with Crippen molar-refractivity contribution >= 4 is 15.7 Å². The third-order valence-electron chi connectivity index (χ3n) is 3.47. The van der Waals surface area contributed by atoms with Gasteiger partial charge in [-0.3, -0.25) is 4.79 Å². The summed E-state index contributed by atoms with van der Waals surface area (Å²) in [5.41, 5.74) is 0. The molecule has 0 bridgehead atoms. The Balaban J connectivity index is 2.14. The van der Waals surface area contributed by atoms with Crippen molar-refractivity contribution in [3.63, 3.8) is 0 Å². The number of amides is 1. The van der Waals surface area contributed by atoms with Crippen LogP contribution in [0.15, 0.2) is 17.6 Å². The van der Waals surface area contributed by atoms with Gasteiger partial charge in [-0.05, 0) is 19.8 Å². The highest BCUT2D eigenvalue weighted by Gasteiger charge is 2.34. The van der Waals surface area contributed by atoms with E-state index in [0.717, 1.165) is 25.7 Å². The van der Waals surface area contributed by atoms with E-state index in [1.807, 2.05) is 0 Å². The Morgan fingerprint density at radius 3 is 2.47 bits per heavy atom. The Bertz CT molecular complexity index is 516. The summed E-state index contributed by atoms with van der Waals surface area (Å²) in [4.78, 5) is 20.3. The Kier molecular flexibility index (Phi) is 4.24. The van der Waals surface area contributed by atoms with Crippen molar-refractivity contribution in [1.82, 2.24) is 14.9 Å². The van der Waals surface area contributed by atoms with E-state index >= 15 is 0 Å². The Morgan fingerprint density at radius 2 is 1.95 bits per heavy atom. The Labute approximate surface area is 113 Å². The molecule has 0 unspecified atom stereocenters. The molecule has 0 radical (unpaired) electrons. The number of aromatic nitrogens is 2. The Hall–Kier alpha value is -1.37. The van der Waals surface area contributed by atoms with Gasteiger partial charge in [-0.2, -0.15) is 0 Å². The first-order chi connectivity index (χ1) is 9.03. The SMILES string of the molecule is C[C@@H](C(=O)N1CCCCCC1)S(=O)(=O)c1ncc[nH]1. The predicted molar refractivity (Wildman–Crippen MR) is 70.3 cm³/mol. The summed E-state index contributed by atoms with van der Waals surface area (Å²) in [5.74, 6) is -0.321. The number of nitrogens with zero attached hydrogens (tertiary/aromatic N) is 2. The minimum absolute atomic E-state index is 0.136. The quantitative estimate of drug-likeness (QED) is 0.897. The molecule has 1 fully saturated rings. The molecule has 0 spiro atoms. The van der Waals surface area contributed by atoms with Crippen LogP contribution in [0.25, 0.3) is 0 Å². The highest BCUT2D eigenvalue weighted by molar-refractivity contribution is 7.92. The van der Waals surface area contributed by atoms with Crippen molar-refractivity contribution in [2.24, 2.45) is 0 Å². The highest BCUT2D eigenvalue weighted by Crippen LogP contribution is 2.16. The van der Waals surface area contributed by atoms with E-state index in [4.69, 9.17) is 0 Å². The minimum atomic E-state index is -3.71. The third-order valence-corrected chi connectivity index (χ3v) is 5.37.